The van der Waals surface area contributed by atoms with Crippen molar-refractivity contribution in [3.8, 4) is 5.75 Å². The zero-order valence-electron chi connectivity index (χ0n) is 9.72. The smallest absolute Gasteiger partial charge is 0.314 e. The Balaban J connectivity index is 2.50. The summed E-state index contributed by atoms with van der Waals surface area (Å²) in [6.45, 7) is 0. The van der Waals surface area contributed by atoms with Gasteiger partial charge in [0.1, 0.15) is 5.75 Å². The number of carboxylic acid groups (broad SMARTS) is 1. The molecule has 17 heavy (non-hydrogen) atoms. The number of aliphatic carboxylic acids is 1. The van der Waals surface area contributed by atoms with E-state index in [-0.39, 0.29) is 6.42 Å². The zero-order valence-corrected chi connectivity index (χ0v) is 9.72. The first-order valence-corrected chi connectivity index (χ1v) is 5.65. The number of aliphatic hydroxyl groups excluding tert-OH is 1. The second-order valence-electron chi connectivity index (χ2n) is 4.48. The Kier molecular flexibility index (Phi) is 3.07. The molecular formula is C13H16O4. The molecule has 0 bridgehead atoms. The monoisotopic (exact) mass is 236 g/mol. The van der Waals surface area contributed by atoms with E-state index >= 15 is 0 Å². The van der Waals surface area contributed by atoms with E-state index in [2.05, 4.69) is 0 Å². The minimum atomic E-state index is -1.01. The van der Waals surface area contributed by atoms with E-state index in [1.807, 2.05) is 6.07 Å². The molecular weight excluding hydrogens is 220 g/mol. The first-order valence-electron chi connectivity index (χ1n) is 5.65. The summed E-state index contributed by atoms with van der Waals surface area (Å²) in [4.78, 5) is 11.6. The lowest BCUT2D eigenvalue weighted by Gasteiger charge is -2.26. The normalized spacial score (nSPS) is 28.0. The zero-order chi connectivity index (χ0) is 12.5. The lowest BCUT2D eigenvalue weighted by atomic mass is 9.78. The van der Waals surface area contributed by atoms with E-state index in [0.717, 1.165) is 0 Å². The van der Waals surface area contributed by atoms with Gasteiger partial charge in [0.05, 0.1) is 18.6 Å². The maximum Gasteiger partial charge on any atom is 0.314 e. The van der Waals surface area contributed by atoms with Crippen LogP contribution in [0, 0.1) is 0 Å². The molecule has 2 atom stereocenters. The Bertz CT molecular complexity index is 429. The van der Waals surface area contributed by atoms with Crippen molar-refractivity contribution in [2.24, 2.45) is 0 Å². The number of methoxy groups -OCH3 is 1. The lowest BCUT2D eigenvalue weighted by molar-refractivity contribution is -0.144. The van der Waals surface area contributed by atoms with Crippen LogP contribution in [-0.2, 0) is 10.2 Å². The topological polar surface area (TPSA) is 66.8 Å². The molecule has 0 aliphatic heterocycles. The molecule has 0 heterocycles. The van der Waals surface area contributed by atoms with Crippen LogP contribution < -0.4 is 4.74 Å². The average molecular weight is 236 g/mol. The Labute approximate surface area is 99.8 Å². The van der Waals surface area contributed by atoms with Gasteiger partial charge in [0, 0.05) is 5.56 Å². The summed E-state index contributed by atoms with van der Waals surface area (Å²) < 4.78 is 5.22. The minimum absolute atomic E-state index is 0.253. The molecule has 2 unspecified atom stereocenters. The van der Waals surface area contributed by atoms with Crippen molar-refractivity contribution in [2.75, 3.05) is 7.11 Å². The number of hydrogen-bond donors (Lipinski definition) is 2. The van der Waals surface area contributed by atoms with Gasteiger partial charge in [-0.3, -0.25) is 4.79 Å². The molecule has 1 aromatic carbocycles. The highest BCUT2D eigenvalue weighted by Crippen LogP contribution is 2.44. The van der Waals surface area contributed by atoms with Gasteiger partial charge in [0.15, 0.2) is 0 Å². The largest absolute Gasteiger partial charge is 0.496 e. The highest BCUT2D eigenvalue weighted by Gasteiger charge is 2.48. The van der Waals surface area contributed by atoms with Gasteiger partial charge in [-0.2, -0.15) is 0 Å². The summed E-state index contributed by atoms with van der Waals surface area (Å²) in [5.74, 6) is -0.317. The van der Waals surface area contributed by atoms with Gasteiger partial charge in [-0.25, -0.2) is 0 Å². The van der Waals surface area contributed by atoms with E-state index in [1.54, 1.807) is 18.2 Å². The maximum atomic E-state index is 11.6. The molecule has 1 fully saturated rings. The van der Waals surface area contributed by atoms with Gasteiger partial charge >= 0.3 is 5.97 Å². The summed E-state index contributed by atoms with van der Waals surface area (Å²) in [6, 6.07) is 7.13. The Hall–Kier alpha value is -1.55. The van der Waals surface area contributed by atoms with Crippen LogP contribution in [-0.4, -0.2) is 29.4 Å². The Morgan fingerprint density at radius 3 is 2.71 bits per heavy atom. The molecule has 2 rings (SSSR count). The van der Waals surface area contributed by atoms with Crippen LogP contribution >= 0.6 is 0 Å². The molecule has 0 radical (unpaired) electrons. The molecule has 0 saturated heterocycles. The third-order valence-electron chi connectivity index (χ3n) is 3.52. The number of carboxylic acids is 1. The minimum Gasteiger partial charge on any atom is -0.496 e. The van der Waals surface area contributed by atoms with Gasteiger partial charge in [-0.15, -0.1) is 0 Å². The number of carbonyl (C=O) groups is 1. The number of benzene rings is 1. The summed E-state index contributed by atoms with van der Waals surface area (Å²) >= 11 is 0. The quantitative estimate of drug-likeness (QED) is 0.835. The van der Waals surface area contributed by atoms with Crippen molar-refractivity contribution in [3.05, 3.63) is 29.8 Å². The van der Waals surface area contributed by atoms with Crippen LogP contribution in [0.4, 0.5) is 0 Å². The van der Waals surface area contributed by atoms with Crippen molar-refractivity contribution in [1.29, 1.82) is 0 Å². The van der Waals surface area contributed by atoms with Crippen LogP contribution in [0.1, 0.15) is 24.8 Å². The summed E-state index contributed by atoms with van der Waals surface area (Å²) in [5, 5.41) is 19.1. The van der Waals surface area contributed by atoms with E-state index < -0.39 is 17.5 Å². The summed E-state index contributed by atoms with van der Waals surface area (Å²) in [6.07, 6.45) is 0.674. The van der Waals surface area contributed by atoms with Gasteiger partial charge < -0.3 is 14.9 Å². The molecule has 4 heteroatoms. The third kappa shape index (κ3) is 1.89. The van der Waals surface area contributed by atoms with Crippen LogP contribution in [0.5, 0.6) is 5.75 Å². The number of rotatable bonds is 3. The molecule has 0 aromatic heterocycles. The van der Waals surface area contributed by atoms with E-state index in [0.29, 0.717) is 24.2 Å². The van der Waals surface area contributed by atoms with Crippen LogP contribution in [0.25, 0.3) is 0 Å². The van der Waals surface area contributed by atoms with Crippen molar-refractivity contribution < 1.29 is 19.7 Å². The van der Waals surface area contributed by atoms with Crippen molar-refractivity contribution >= 4 is 5.97 Å². The molecule has 0 spiro atoms. The second-order valence-corrected chi connectivity index (χ2v) is 4.48. The molecule has 92 valence electrons. The van der Waals surface area contributed by atoms with Crippen LogP contribution in [0.15, 0.2) is 24.3 Å². The van der Waals surface area contributed by atoms with Crippen molar-refractivity contribution in [1.82, 2.24) is 0 Å². The first-order chi connectivity index (χ1) is 8.10. The maximum absolute atomic E-state index is 11.6. The second kappa shape index (κ2) is 4.37. The molecule has 1 aliphatic rings. The molecule has 4 nitrogen and oxygen atoms in total. The van der Waals surface area contributed by atoms with Crippen molar-refractivity contribution in [3.63, 3.8) is 0 Å². The highest BCUT2D eigenvalue weighted by molar-refractivity contribution is 5.83. The van der Waals surface area contributed by atoms with Gasteiger partial charge in [0.2, 0.25) is 0 Å². The van der Waals surface area contributed by atoms with Gasteiger partial charge in [-0.05, 0) is 25.3 Å². The predicted octanol–water partition coefficient (Wildman–Crippen LogP) is 1.56. The highest BCUT2D eigenvalue weighted by atomic mass is 16.5. The molecule has 1 aliphatic carbocycles. The summed E-state index contributed by atoms with van der Waals surface area (Å²) in [5.41, 5.74) is -0.349. The third-order valence-corrected chi connectivity index (χ3v) is 3.52. The average Bonchev–Trinajstić information content (AvgIpc) is 2.73. The molecule has 0 amide bonds. The fourth-order valence-corrected chi connectivity index (χ4v) is 2.61. The molecule has 1 saturated carbocycles. The number of hydrogen-bond acceptors (Lipinski definition) is 3. The lowest BCUT2D eigenvalue weighted by Crippen LogP contribution is -2.34. The van der Waals surface area contributed by atoms with E-state index in [4.69, 9.17) is 4.74 Å². The Morgan fingerprint density at radius 1 is 1.47 bits per heavy atom. The van der Waals surface area contributed by atoms with E-state index in [9.17, 15) is 15.0 Å². The first kappa shape index (κ1) is 11.9. The van der Waals surface area contributed by atoms with Gasteiger partial charge in [-0.1, -0.05) is 18.2 Å². The molecule has 1 aromatic rings. The number of ether oxygens (including phenoxy) is 1. The SMILES string of the molecule is COc1ccccc1C1(C(=O)O)CCC(O)C1. The predicted molar refractivity (Wildman–Crippen MR) is 62.2 cm³/mol. The standard InChI is InChI=1S/C13H16O4/c1-17-11-5-3-2-4-10(11)13(12(15)16)7-6-9(14)8-13/h2-5,9,14H,6-8H2,1H3,(H,15,16). The fourth-order valence-electron chi connectivity index (χ4n) is 2.61. The number of para-hydroxylation sites is 1. The van der Waals surface area contributed by atoms with Crippen LogP contribution in [0.3, 0.4) is 0 Å². The summed E-state index contributed by atoms with van der Waals surface area (Å²) in [7, 11) is 1.53. The van der Waals surface area contributed by atoms with Crippen LogP contribution in [0.2, 0.25) is 0 Å². The van der Waals surface area contributed by atoms with E-state index in [1.165, 1.54) is 7.11 Å². The Morgan fingerprint density at radius 2 is 2.18 bits per heavy atom. The van der Waals surface area contributed by atoms with Gasteiger partial charge in [0.25, 0.3) is 0 Å². The molecule has 2 N–H and O–H groups in total. The van der Waals surface area contributed by atoms with Crippen molar-refractivity contribution in [2.45, 2.75) is 30.8 Å². The number of aliphatic hydroxyl groups is 1. The fraction of sp³-hybridized carbons (Fsp3) is 0.462.